The molecular formula is C31H29F3N6O4. The third-order valence-corrected chi connectivity index (χ3v) is 6.80. The van der Waals surface area contributed by atoms with Crippen LogP contribution < -0.4 is 25.3 Å². The summed E-state index contributed by atoms with van der Waals surface area (Å²) in [5.74, 6) is 0.757. The van der Waals surface area contributed by atoms with Gasteiger partial charge in [-0.3, -0.25) is 4.79 Å². The molecule has 3 heterocycles. The van der Waals surface area contributed by atoms with Crippen molar-refractivity contribution in [3.63, 3.8) is 0 Å². The van der Waals surface area contributed by atoms with Crippen LogP contribution in [0.4, 0.5) is 19.0 Å². The smallest absolute Gasteiger partial charge is 0.419 e. The van der Waals surface area contributed by atoms with Gasteiger partial charge in [0.2, 0.25) is 0 Å². The van der Waals surface area contributed by atoms with Crippen LogP contribution in [0.1, 0.15) is 28.0 Å². The second kappa shape index (κ2) is 12.5. The first-order valence-electron chi connectivity index (χ1n) is 13.5. The molecule has 0 fully saturated rings. The van der Waals surface area contributed by atoms with Gasteiger partial charge in [-0.25, -0.2) is 14.5 Å². The average Bonchev–Trinajstić information content (AvgIpc) is 3.35. The summed E-state index contributed by atoms with van der Waals surface area (Å²) in [4.78, 5) is 20.6. The zero-order valence-corrected chi connectivity index (χ0v) is 24.1. The predicted molar refractivity (Wildman–Crippen MR) is 158 cm³/mol. The van der Waals surface area contributed by atoms with Crippen molar-refractivity contribution < 1.29 is 32.2 Å². The van der Waals surface area contributed by atoms with Crippen LogP contribution in [-0.2, 0) is 6.18 Å². The lowest BCUT2D eigenvalue weighted by atomic mass is 10.1. The van der Waals surface area contributed by atoms with E-state index in [9.17, 15) is 18.0 Å². The molecule has 2 aromatic carbocycles. The first kappa shape index (κ1) is 30.1. The summed E-state index contributed by atoms with van der Waals surface area (Å²) < 4.78 is 58.6. The van der Waals surface area contributed by atoms with Gasteiger partial charge in [0.1, 0.15) is 11.6 Å². The maximum absolute atomic E-state index is 13.5. The number of aromatic nitrogens is 4. The average molecular weight is 607 g/mol. The standard InChI is InChI=1S/C31H29F3N6O4/c1-18-28(21-15-23(31(32,33)34)29(35)37-17-21)40-27(38-18)11-9-24(39-40)19-8-10-25(26(16-19)43-3)44-13-5-12-36-30(41)20-6-4-7-22(14-20)42-2/h4,6-11,14-17H,5,12-13H2,1-3H3,(H2,35,37)(H,36,41). The molecule has 13 heteroatoms. The number of methoxy groups -OCH3 is 2. The van der Waals surface area contributed by atoms with E-state index in [1.165, 1.54) is 17.8 Å². The van der Waals surface area contributed by atoms with Crippen molar-refractivity contribution in [1.82, 2.24) is 24.9 Å². The van der Waals surface area contributed by atoms with Crippen molar-refractivity contribution in [3.8, 4) is 39.8 Å². The molecule has 3 N–H and O–H groups in total. The number of aryl methyl sites for hydroxylation is 1. The number of nitrogen functional groups attached to an aromatic ring is 1. The number of rotatable bonds is 10. The molecule has 5 rings (SSSR count). The Kier molecular flexibility index (Phi) is 8.56. The molecule has 0 aliphatic heterocycles. The fraction of sp³-hybridized carbons (Fsp3) is 0.226. The Labute approximate surface area is 250 Å². The van der Waals surface area contributed by atoms with Gasteiger partial charge in [0, 0.05) is 29.4 Å². The third kappa shape index (κ3) is 6.36. The Bertz CT molecular complexity index is 1820. The number of hydrogen-bond acceptors (Lipinski definition) is 8. The number of nitrogens with zero attached hydrogens (tertiary/aromatic N) is 4. The Morgan fingerprint density at radius 1 is 1.00 bits per heavy atom. The zero-order valence-electron chi connectivity index (χ0n) is 24.1. The molecule has 0 saturated carbocycles. The highest BCUT2D eigenvalue weighted by Crippen LogP contribution is 2.36. The highest BCUT2D eigenvalue weighted by Gasteiger charge is 2.34. The normalized spacial score (nSPS) is 11.4. The number of amides is 1. The molecule has 3 aromatic heterocycles. The van der Waals surface area contributed by atoms with Crippen LogP contribution in [0.2, 0.25) is 0 Å². The number of benzene rings is 2. The molecule has 0 spiro atoms. The minimum absolute atomic E-state index is 0.183. The number of anilines is 1. The SMILES string of the molecule is COc1cccc(C(=O)NCCCOc2ccc(-c3ccc4nc(C)c(-c5cnc(N)c(C(F)(F)F)c5)n4n3)cc2OC)c1. The van der Waals surface area contributed by atoms with Crippen molar-refractivity contribution >= 4 is 17.4 Å². The summed E-state index contributed by atoms with van der Waals surface area (Å²) in [5.41, 5.74) is 7.67. The third-order valence-electron chi connectivity index (χ3n) is 6.80. The van der Waals surface area contributed by atoms with Crippen molar-refractivity contribution in [3.05, 3.63) is 83.7 Å². The molecule has 0 saturated heterocycles. The molecule has 228 valence electrons. The number of imidazole rings is 1. The van der Waals surface area contributed by atoms with Crippen molar-refractivity contribution in [1.29, 1.82) is 0 Å². The van der Waals surface area contributed by atoms with Gasteiger partial charge in [-0.05, 0) is 67.9 Å². The minimum atomic E-state index is -4.66. The number of nitrogens with two attached hydrogens (primary N) is 1. The van der Waals surface area contributed by atoms with Gasteiger partial charge in [-0.2, -0.15) is 18.3 Å². The van der Waals surface area contributed by atoms with Gasteiger partial charge in [0.15, 0.2) is 17.1 Å². The second-order valence-electron chi connectivity index (χ2n) is 9.74. The summed E-state index contributed by atoms with van der Waals surface area (Å²) in [6.07, 6.45) is -2.84. The highest BCUT2D eigenvalue weighted by atomic mass is 19.4. The highest BCUT2D eigenvalue weighted by molar-refractivity contribution is 5.94. The number of nitrogens with one attached hydrogen (secondary N) is 1. The Morgan fingerprint density at radius 2 is 1.82 bits per heavy atom. The van der Waals surface area contributed by atoms with Gasteiger partial charge in [0.05, 0.1) is 43.5 Å². The maximum Gasteiger partial charge on any atom is 0.419 e. The summed E-state index contributed by atoms with van der Waals surface area (Å²) >= 11 is 0. The van der Waals surface area contributed by atoms with E-state index in [2.05, 4.69) is 20.4 Å². The number of carbonyl (C=O) groups excluding carboxylic acids is 1. The molecule has 0 bridgehead atoms. The zero-order chi connectivity index (χ0) is 31.4. The van der Waals surface area contributed by atoms with Crippen LogP contribution in [0.3, 0.4) is 0 Å². The summed E-state index contributed by atoms with van der Waals surface area (Å²) in [6.45, 7) is 2.42. The predicted octanol–water partition coefficient (Wildman–Crippen LogP) is 5.58. The molecule has 0 unspecified atom stereocenters. The first-order chi connectivity index (χ1) is 21.1. The maximum atomic E-state index is 13.5. The van der Waals surface area contributed by atoms with E-state index >= 15 is 0 Å². The van der Waals surface area contributed by atoms with Crippen LogP contribution >= 0.6 is 0 Å². The Morgan fingerprint density at radius 3 is 2.57 bits per heavy atom. The topological polar surface area (TPSA) is 126 Å². The minimum Gasteiger partial charge on any atom is -0.497 e. The lowest BCUT2D eigenvalue weighted by molar-refractivity contribution is -0.137. The largest absolute Gasteiger partial charge is 0.497 e. The first-order valence-corrected chi connectivity index (χ1v) is 13.5. The fourth-order valence-corrected chi connectivity index (χ4v) is 4.63. The molecule has 5 aromatic rings. The van der Waals surface area contributed by atoms with Gasteiger partial charge >= 0.3 is 6.18 Å². The number of pyridine rings is 1. The van der Waals surface area contributed by atoms with Gasteiger partial charge in [-0.15, -0.1) is 0 Å². The van der Waals surface area contributed by atoms with Crippen LogP contribution in [0.15, 0.2) is 66.9 Å². The molecular weight excluding hydrogens is 577 g/mol. The molecule has 0 atom stereocenters. The second-order valence-corrected chi connectivity index (χ2v) is 9.74. The Hall–Kier alpha value is -5.33. The van der Waals surface area contributed by atoms with Crippen LogP contribution in [0, 0.1) is 6.92 Å². The molecule has 0 aliphatic rings. The van der Waals surface area contributed by atoms with E-state index in [1.54, 1.807) is 68.6 Å². The molecule has 1 amide bonds. The lowest BCUT2D eigenvalue weighted by Crippen LogP contribution is -2.25. The lowest BCUT2D eigenvalue weighted by Gasteiger charge is -2.13. The fourth-order valence-electron chi connectivity index (χ4n) is 4.63. The number of halogens is 3. The molecule has 0 radical (unpaired) electrons. The van der Waals surface area contributed by atoms with Gasteiger partial charge in [0.25, 0.3) is 5.91 Å². The van der Waals surface area contributed by atoms with E-state index in [0.717, 1.165) is 6.07 Å². The summed E-state index contributed by atoms with van der Waals surface area (Å²) in [7, 11) is 3.06. The van der Waals surface area contributed by atoms with E-state index in [1.807, 2.05) is 0 Å². The quantitative estimate of drug-likeness (QED) is 0.197. The van der Waals surface area contributed by atoms with Gasteiger partial charge in [-0.1, -0.05) is 6.07 Å². The molecule has 44 heavy (non-hydrogen) atoms. The van der Waals surface area contributed by atoms with E-state index in [4.69, 9.17) is 19.9 Å². The van der Waals surface area contributed by atoms with Crippen molar-refractivity contribution in [2.75, 3.05) is 33.1 Å². The number of carbonyl (C=O) groups is 1. The van der Waals surface area contributed by atoms with Crippen molar-refractivity contribution in [2.45, 2.75) is 19.5 Å². The van der Waals surface area contributed by atoms with E-state index < -0.39 is 17.6 Å². The number of hydrogen-bond donors (Lipinski definition) is 2. The van der Waals surface area contributed by atoms with E-state index in [0.29, 0.717) is 70.7 Å². The summed E-state index contributed by atoms with van der Waals surface area (Å²) in [6, 6.07) is 16.6. The molecule has 0 aliphatic carbocycles. The van der Waals surface area contributed by atoms with Crippen LogP contribution in [0.25, 0.3) is 28.2 Å². The number of ether oxygens (including phenoxy) is 3. The monoisotopic (exact) mass is 606 g/mol. The molecule has 10 nitrogen and oxygen atoms in total. The Balaban J connectivity index is 1.30. The van der Waals surface area contributed by atoms with Crippen molar-refractivity contribution in [2.24, 2.45) is 0 Å². The number of alkyl halides is 3. The summed E-state index contributed by atoms with van der Waals surface area (Å²) in [5, 5.41) is 7.52. The van der Waals surface area contributed by atoms with Crippen LogP contribution in [0.5, 0.6) is 17.2 Å². The van der Waals surface area contributed by atoms with Crippen LogP contribution in [-0.4, -0.2) is 52.9 Å². The van der Waals surface area contributed by atoms with E-state index in [-0.39, 0.29) is 11.5 Å². The van der Waals surface area contributed by atoms with Gasteiger partial charge < -0.3 is 25.3 Å². The number of fused-ring (bicyclic) bond motifs is 1.